The van der Waals surface area contributed by atoms with E-state index in [2.05, 4.69) is 17.6 Å². The van der Waals surface area contributed by atoms with Crippen LogP contribution in [0, 0.1) is 0 Å². The predicted octanol–water partition coefficient (Wildman–Crippen LogP) is 3.23. The highest BCUT2D eigenvalue weighted by atomic mass is 32.2. The molecule has 0 radical (unpaired) electrons. The second kappa shape index (κ2) is 8.05. The van der Waals surface area contributed by atoms with E-state index in [9.17, 15) is 4.79 Å². The first-order valence-electron chi connectivity index (χ1n) is 7.13. The molecular weight excluding hydrogens is 290 g/mol. The molecule has 1 aromatic rings. The normalized spacial score (nSPS) is 22.7. The van der Waals surface area contributed by atoms with E-state index in [0.29, 0.717) is 12.5 Å². The third-order valence-corrected chi connectivity index (χ3v) is 6.06. The number of nitrogens with one attached hydrogen (secondary N) is 1. The van der Waals surface area contributed by atoms with Crippen molar-refractivity contribution < 1.29 is 9.53 Å². The van der Waals surface area contributed by atoms with Crippen molar-refractivity contribution in [1.29, 1.82) is 0 Å². The van der Waals surface area contributed by atoms with Crippen molar-refractivity contribution in [2.45, 2.75) is 49.9 Å². The first kappa shape index (κ1) is 15.9. The molecule has 3 nitrogen and oxygen atoms in total. The van der Waals surface area contributed by atoms with Gasteiger partial charge in [0.1, 0.15) is 0 Å². The Morgan fingerprint density at radius 1 is 1.40 bits per heavy atom. The van der Waals surface area contributed by atoms with E-state index in [1.165, 1.54) is 37.7 Å². The van der Waals surface area contributed by atoms with Crippen LogP contribution in [-0.4, -0.2) is 30.6 Å². The van der Waals surface area contributed by atoms with Crippen LogP contribution in [0.5, 0.6) is 0 Å². The molecule has 0 bridgehead atoms. The Balaban J connectivity index is 1.82. The standard InChI is InChI=1S/C15H23NO2S2/c1-18-15(17)9-11-7-8-12(20-11)10-16-13-5-3-4-6-14(13)19-2/h7-8,13-14,16H,3-6,9-10H2,1-2H3. The summed E-state index contributed by atoms with van der Waals surface area (Å²) >= 11 is 3.69. The fourth-order valence-electron chi connectivity index (χ4n) is 2.67. The zero-order valence-electron chi connectivity index (χ0n) is 12.2. The number of esters is 1. The summed E-state index contributed by atoms with van der Waals surface area (Å²) in [5.41, 5.74) is 0. The molecule has 5 heteroatoms. The van der Waals surface area contributed by atoms with Crippen molar-refractivity contribution in [3.8, 4) is 0 Å². The summed E-state index contributed by atoms with van der Waals surface area (Å²) in [7, 11) is 1.43. The zero-order valence-corrected chi connectivity index (χ0v) is 13.8. The average molecular weight is 313 g/mol. The Labute approximate surface area is 129 Å². The van der Waals surface area contributed by atoms with Gasteiger partial charge in [0.15, 0.2) is 0 Å². The molecule has 1 aromatic heterocycles. The van der Waals surface area contributed by atoms with Gasteiger partial charge in [-0.15, -0.1) is 11.3 Å². The molecule has 0 aromatic carbocycles. The monoisotopic (exact) mass is 313 g/mol. The first-order chi connectivity index (χ1) is 9.72. The molecule has 0 aliphatic heterocycles. The molecule has 2 atom stereocenters. The van der Waals surface area contributed by atoms with Crippen molar-refractivity contribution in [2.75, 3.05) is 13.4 Å². The van der Waals surface area contributed by atoms with Gasteiger partial charge in [-0.05, 0) is 31.2 Å². The number of thioether (sulfide) groups is 1. The molecule has 1 aliphatic carbocycles. The zero-order chi connectivity index (χ0) is 14.4. The van der Waals surface area contributed by atoms with Crippen LogP contribution in [0.1, 0.15) is 35.4 Å². The summed E-state index contributed by atoms with van der Waals surface area (Å²) < 4.78 is 4.70. The lowest BCUT2D eigenvalue weighted by atomic mass is 9.95. The van der Waals surface area contributed by atoms with Gasteiger partial charge in [0, 0.05) is 27.6 Å². The van der Waals surface area contributed by atoms with E-state index in [1.54, 1.807) is 11.3 Å². The van der Waals surface area contributed by atoms with Crippen molar-refractivity contribution in [2.24, 2.45) is 0 Å². The van der Waals surface area contributed by atoms with E-state index in [4.69, 9.17) is 4.74 Å². The number of rotatable bonds is 6. The van der Waals surface area contributed by atoms with E-state index >= 15 is 0 Å². The molecule has 1 saturated carbocycles. The molecule has 0 saturated heterocycles. The molecule has 2 unspecified atom stereocenters. The number of carbonyl (C=O) groups is 1. The van der Waals surface area contributed by atoms with Crippen molar-refractivity contribution in [3.05, 3.63) is 21.9 Å². The number of thiophene rings is 1. The maximum atomic E-state index is 11.2. The van der Waals surface area contributed by atoms with Gasteiger partial charge in [-0.2, -0.15) is 11.8 Å². The quantitative estimate of drug-likeness (QED) is 0.818. The van der Waals surface area contributed by atoms with Crippen LogP contribution in [0.25, 0.3) is 0 Å². The molecule has 1 fully saturated rings. The molecule has 0 spiro atoms. The van der Waals surface area contributed by atoms with Crippen LogP contribution in [-0.2, 0) is 22.5 Å². The Morgan fingerprint density at radius 2 is 2.15 bits per heavy atom. The fourth-order valence-corrected chi connectivity index (χ4v) is 4.59. The lowest BCUT2D eigenvalue weighted by Crippen LogP contribution is -2.39. The highest BCUT2D eigenvalue weighted by Gasteiger charge is 2.23. The van der Waals surface area contributed by atoms with Gasteiger partial charge in [0.25, 0.3) is 0 Å². The van der Waals surface area contributed by atoms with Crippen LogP contribution in [0.2, 0.25) is 0 Å². The van der Waals surface area contributed by atoms with Crippen LogP contribution in [0.3, 0.4) is 0 Å². The topological polar surface area (TPSA) is 38.3 Å². The summed E-state index contributed by atoms with van der Waals surface area (Å²) in [5, 5.41) is 4.44. The Hall–Kier alpha value is -0.520. The van der Waals surface area contributed by atoms with Crippen LogP contribution in [0.15, 0.2) is 12.1 Å². The second-order valence-electron chi connectivity index (χ2n) is 5.17. The molecule has 1 heterocycles. The molecule has 1 N–H and O–H groups in total. The fraction of sp³-hybridized carbons (Fsp3) is 0.667. The molecule has 1 aliphatic rings. The predicted molar refractivity (Wildman–Crippen MR) is 86.4 cm³/mol. The van der Waals surface area contributed by atoms with Gasteiger partial charge in [-0.3, -0.25) is 4.79 Å². The second-order valence-corrected chi connectivity index (χ2v) is 7.50. The Morgan fingerprint density at radius 3 is 2.90 bits per heavy atom. The number of hydrogen-bond donors (Lipinski definition) is 1. The molecule has 0 amide bonds. The van der Waals surface area contributed by atoms with Gasteiger partial charge in [-0.25, -0.2) is 0 Å². The van der Waals surface area contributed by atoms with Gasteiger partial charge < -0.3 is 10.1 Å². The average Bonchev–Trinajstić information content (AvgIpc) is 2.92. The first-order valence-corrected chi connectivity index (χ1v) is 9.24. The third kappa shape index (κ3) is 4.50. The summed E-state index contributed by atoms with van der Waals surface area (Å²) in [6, 6.07) is 4.78. The lowest BCUT2D eigenvalue weighted by Gasteiger charge is -2.31. The van der Waals surface area contributed by atoms with Gasteiger partial charge >= 0.3 is 5.97 Å². The van der Waals surface area contributed by atoms with E-state index in [-0.39, 0.29) is 5.97 Å². The SMILES string of the molecule is COC(=O)Cc1ccc(CNC2CCCCC2SC)s1. The van der Waals surface area contributed by atoms with E-state index < -0.39 is 0 Å². The highest BCUT2D eigenvalue weighted by Crippen LogP contribution is 2.27. The summed E-state index contributed by atoms with van der Waals surface area (Å²) in [4.78, 5) is 13.6. The highest BCUT2D eigenvalue weighted by molar-refractivity contribution is 7.99. The Bertz CT molecular complexity index is 433. The van der Waals surface area contributed by atoms with Crippen molar-refractivity contribution >= 4 is 29.1 Å². The van der Waals surface area contributed by atoms with Gasteiger partial charge in [0.2, 0.25) is 0 Å². The minimum Gasteiger partial charge on any atom is -0.469 e. The molecule has 20 heavy (non-hydrogen) atoms. The largest absolute Gasteiger partial charge is 0.469 e. The van der Waals surface area contributed by atoms with Crippen LogP contribution in [0.4, 0.5) is 0 Å². The maximum Gasteiger partial charge on any atom is 0.310 e. The van der Waals surface area contributed by atoms with E-state index in [0.717, 1.165) is 16.7 Å². The van der Waals surface area contributed by atoms with E-state index in [1.807, 2.05) is 17.8 Å². The van der Waals surface area contributed by atoms with Gasteiger partial charge in [0.05, 0.1) is 13.5 Å². The summed E-state index contributed by atoms with van der Waals surface area (Å²) in [6.45, 7) is 0.910. The number of hydrogen-bond acceptors (Lipinski definition) is 5. The van der Waals surface area contributed by atoms with Crippen LogP contribution < -0.4 is 5.32 Å². The number of carbonyl (C=O) groups excluding carboxylic acids is 1. The van der Waals surface area contributed by atoms with Crippen molar-refractivity contribution in [3.63, 3.8) is 0 Å². The van der Waals surface area contributed by atoms with Crippen LogP contribution >= 0.6 is 23.1 Å². The number of methoxy groups -OCH3 is 1. The maximum absolute atomic E-state index is 11.2. The molecule has 112 valence electrons. The minimum absolute atomic E-state index is 0.166. The summed E-state index contributed by atoms with van der Waals surface area (Å²) in [5.74, 6) is -0.166. The van der Waals surface area contributed by atoms with Gasteiger partial charge in [-0.1, -0.05) is 12.8 Å². The lowest BCUT2D eigenvalue weighted by molar-refractivity contribution is -0.139. The minimum atomic E-state index is -0.166. The Kier molecular flexibility index (Phi) is 6.39. The molecular formula is C15H23NO2S2. The smallest absolute Gasteiger partial charge is 0.310 e. The number of ether oxygens (including phenoxy) is 1. The third-order valence-electron chi connectivity index (χ3n) is 3.81. The summed E-state index contributed by atoms with van der Waals surface area (Å²) in [6.07, 6.45) is 7.92. The molecule has 2 rings (SSSR count). The van der Waals surface area contributed by atoms with Crippen molar-refractivity contribution in [1.82, 2.24) is 5.32 Å².